The number of hydrogen-bond donors (Lipinski definition) is 2. The number of anilines is 1. The quantitative estimate of drug-likeness (QED) is 0.391. The molecule has 2 heterocycles. The van der Waals surface area contributed by atoms with Gasteiger partial charge in [0.2, 0.25) is 10.0 Å². The minimum Gasteiger partial charge on any atom is -0.490 e. The predicted molar refractivity (Wildman–Crippen MR) is 173 cm³/mol. The summed E-state index contributed by atoms with van der Waals surface area (Å²) < 4.78 is 36.4. The van der Waals surface area contributed by atoms with Gasteiger partial charge in [-0.2, -0.15) is 0 Å². The molecule has 1 unspecified atom stereocenters. The van der Waals surface area contributed by atoms with E-state index in [1.165, 1.54) is 11.1 Å². The maximum atomic E-state index is 13.7. The van der Waals surface area contributed by atoms with Gasteiger partial charge in [0.25, 0.3) is 5.91 Å². The highest BCUT2D eigenvalue weighted by atomic mass is 35.5. The van der Waals surface area contributed by atoms with Gasteiger partial charge in [-0.25, -0.2) is 13.1 Å². The molecule has 6 atom stereocenters. The highest BCUT2D eigenvalue weighted by molar-refractivity contribution is 7.90. The molecule has 5 aliphatic rings. The molecule has 1 spiro atoms. The van der Waals surface area contributed by atoms with Gasteiger partial charge in [-0.3, -0.25) is 4.79 Å². The van der Waals surface area contributed by atoms with E-state index in [1.807, 2.05) is 31.2 Å². The predicted octanol–water partition coefficient (Wildman–Crippen LogP) is 6.02. The van der Waals surface area contributed by atoms with Crippen LogP contribution < -0.4 is 14.4 Å². The molecular weight excluding hydrogens is 596 g/mol. The third kappa shape index (κ3) is 5.78. The third-order valence-corrected chi connectivity index (χ3v) is 13.2. The normalized spacial score (nSPS) is 34.0. The summed E-state index contributed by atoms with van der Waals surface area (Å²) in [6.07, 6.45) is 11.4. The summed E-state index contributed by atoms with van der Waals surface area (Å²) in [6, 6.07) is 11.5. The van der Waals surface area contributed by atoms with Crippen molar-refractivity contribution in [1.82, 2.24) is 4.72 Å². The highest BCUT2D eigenvalue weighted by Gasteiger charge is 2.44. The first-order valence-corrected chi connectivity index (χ1v) is 18.3. The van der Waals surface area contributed by atoms with Crippen molar-refractivity contribution in [3.05, 3.63) is 70.3 Å². The molecule has 236 valence electrons. The fraction of sp³-hybridized carbons (Fsp3) is 0.571. The molecule has 44 heavy (non-hydrogen) atoms. The molecule has 0 radical (unpaired) electrons. The van der Waals surface area contributed by atoms with E-state index in [0.29, 0.717) is 43.2 Å². The maximum absolute atomic E-state index is 13.7. The van der Waals surface area contributed by atoms with Crippen molar-refractivity contribution in [2.75, 3.05) is 24.6 Å². The Morgan fingerprint density at radius 2 is 1.98 bits per heavy atom. The van der Waals surface area contributed by atoms with Crippen LogP contribution in [0.1, 0.15) is 79.8 Å². The number of carbonyl (C=O) groups excluding carboxylic acids is 1. The van der Waals surface area contributed by atoms with E-state index in [1.54, 1.807) is 12.1 Å². The molecule has 7 rings (SSSR count). The standard InChI is InChI=1S/C35H43ClN2O5S/c1-22-4-2-6-31(39)28-12-9-26(28)19-38-20-35(15-3-5-24-17-27(36)11-13-29(24)35)21-43-32-14-10-25(18-30(32)38)34(40)37-44(41,42)33(22)16-23-7-8-23/h2,6,10-11,13-14,17-18,22-23,26,28,31,33,39H,3-5,7-9,12,15-16,19-21H2,1H3,(H,37,40)/b6-2+/t22?,26-,28+,31-,33+,35-/m0/s1. The minimum atomic E-state index is -3.93. The van der Waals surface area contributed by atoms with E-state index in [4.69, 9.17) is 16.3 Å². The summed E-state index contributed by atoms with van der Waals surface area (Å²) in [4.78, 5) is 15.9. The minimum absolute atomic E-state index is 0.132. The number of aliphatic hydroxyl groups is 1. The number of aryl methyl sites for hydroxylation is 1. The lowest BCUT2D eigenvalue weighted by molar-refractivity contribution is 0.0455. The van der Waals surface area contributed by atoms with Gasteiger partial charge in [0.1, 0.15) is 5.75 Å². The molecule has 2 N–H and O–H groups in total. The Morgan fingerprint density at radius 1 is 1.14 bits per heavy atom. The second-order valence-electron chi connectivity index (χ2n) is 14.1. The van der Waals surface area contributed by atoms with Crippen LogP contribution in [0.3, 0.4) is 0 Å². The Hall–Kier alpha value is -2.55. The lowest BCUT2D eigenvalue weighted by atomic mass is 9.68. The number of ether oxygens (including phenoxy) is 1. The second kappa shape index (κ2) is 11.7. The Labute approximate surface area is 266 Å². The van der Waals surface area contributed by atoms with Gasteiger partial charge in [-0.05, 0) is 110 Å². The van der Waals surface area contributed by atoms with Gasteiger partial charge in [0, 0.05) is 29.1 Å². The number of sulfonamides is 1. The summed E-state index contributed by atoms with van der Waals surface area (Å²) in [6.45, 7) is 3.87. The maximum Gasteiger partial charge on any atom is 0.264 e. The van der Waals surface area contributed by atoms with Gasteiger partial charge < -0.3 is 14.7 Å². The molecule has 2 fully saturated rings. The first-order valence-electron chi connectivity index (χ1n) is 16.3. The van der Waals surface area contributed by atoms with Crippen LogP contribution in [0.15, 0.2) is 48.6 Å². The van der Waals surface area contributed by atoms with Gasteiger partial charge in [0.05, 0.1) is 23.6 Å². The molecule has 1 amide bonds. The first-order chi connectivity index (χ1) is 21.1. The van der Waals surface area contributed by atoms with Crippen LogP contribution in [0.2, 0.25) is 5.02 Å². The van der Waals surface area contributed by atoms with Crippen molar-refractivity contribution in [3.8, 4) is 5.75 Å². The van der Waals surface area contributed by atoms with E-state index in [-0.39, 0.29) is 23.2 Å². The largest absolute Gasteiger partial charge is 0.490 e. The average molecular weight is 639 g/mol. The summed E-state index contributed by atoms with van der Waals surface area (Å²) in [5.41, 5.74) is 3.38. The van der Waals surface area contributed by atoms with Gasteiger partial charge in [0.15, 0.2) is 0 Å². The molecule has 0 aromatic heterocycles. The number of amides is 1. The number of halogens is 1. The molecule has 2 aromatic rings. The van der Waals surface area contributed by atoms with Gasteiger partial charge in [-0.15, -0.1) is 0 Å². The molecule has 2 saturated carbocycles. The zero-order chi connectivity index (χ0) is 30.6. The zero-order valence-corrected chi connectivity index (χ0v) is 27.0. The Kier molecular flexibility index (Phi) is 7.99. The van der Waals surface area contributed by atoms with Crippen LogP contribution in [0, 0.1) is 23.7 Å². The van der Waals surface area contributed by atoms with E-state index < -0.39 is 27.3 Å². The summed E-state index contributed by atoms with van der Waals surface area (Å²) in [5, 5.41) is 11.3. The van der Waals surface area contributed by atoms with Gasteiger partial charge in [-0.1, -0.05) is 49.6 Å². The Balaban J connectivity index is 1.28. The van der Waals surface area contributed by atoms with Gasteiger partial charge >= 0.3 is 0 Å². The number of aliphatic hydroxyl groups excluding tert-OH is 1. The number of allylic oxidation sites excluding steroid dienone is 1. The Morgan fingerprint density at radius 3 is 2.75 bits per heavy atom. The fourth-order valence-electron chi connectivity index (χ4n) is 8.15. The summed E-state index contributed by atoms with van der Waals surface area (Å²) in [7, 11) is -3.93. The Bertz CT molecular complexity index is 1570. The number of nitrogens with zero attached hydrogens (tertiary/aromatic N) is 1. The summed E-state index contributed by atoms with van der Waals surface area (Å²) in [5.74, 6) is 0.716. The van der Waals surface area contributed by atoms with Crippen LogP contribution in [0.25, 0.3) is 0 Å². The lowest BCUT2D eigenvalue weighted by Crippen LogP contribution is -2.49. The molecule has 2 aromatic carbocycles. The third-order valence-electron chi connectivity index (χ3n) is 11.0. The average Bonchev–Trinajstić information content (AvgIpc) is 3.81. The van der Waals surface area contributed by atoms with Crippen molar-refractivity contribution < 1.29 is 23.1 Å². The molecular formula is C35H43ClN2O5S. The topological polar surface area (TPSA) is 95.9 Å². The van der Waals surface area contributed by atoms with Crippen molar-refractivity contribution in [1.29, 1.82) is 0 Å². The van der Waals surface area contributed by atoms with Crippen LogP contribution in [0.4, 0.5) is 5.69 Å². The zero-order valence-electron chi connectivity index (χ0n) is 25.4. The van der Waals surface area contributed by atoms with E-state index in [9.17, 15) is 18.3 Å². The number of fused-ring (bicyclic) bond motifs is 4. The number of nitrogens with one attached hydrogen (secondary N) is 1. The highest BCUT2D eigenvalue weighted by Crippen LogP contribution is 2.47. The summed E-state index contributed by atoms with van der Waals surface area (Å²) >= 11 is 6.41. The van der Waals surface area contributed by atoms with Crippen molar-refractivity contribution >= 4 is 33.2 Å². The molecule has 3 aliphatic carbocycles. The monoisotopic (exact) mass is 638 g/mol. The smallest absolute Gasteiger partial charge is 0.264 e. The van der Waals surface area contributed by atoms with Crippen LogP contribution in [-0.2, 0) is 21.9 Å². The fourth-order valence-corrected chi connectivity index (χ4v) is 10.1. The number of benzene rings is 2. The number of hydrogen-bond acceptors (Lipinski definition) is 6. The first kappa shape index (κ1) is 30.1. The van der Waals surface area contributed by atoms with Crippen LogP contribution in [0.5, 0.6) is 5.75 Å². The molecule has 7 nitrogen and oxygen atoms in total. The van der Waals surface area contributed by atoms with E-state index in [2.05, 4.69) is 21.8 Å². The lowest BCUT2D eigenvalue weighted by Gasteiger charge is -2.45. The molecule has 9 heteroatoms. The number of rotatable bonds is 2. The van der Waals surface area contributed by atoms with Crippen molar-refractivity contribution in [3.63, 3.8) is 0 Å². The van der Waals surface area contributed by atoms with E-state index >= 15 is 0 Å². The molecule has 0 saturated heterocycles. The van der Waals surface area contributed by atoms with E-state index in [0.717, 1.165) is 62.2 Å². The van der Waals surface area contributed by atoms with Crippen LogP contribution in [-0.4, -0.2) is 50.5 Å². The van der Waals surface area contributed by atoms with Crippen molar-refractivity contribution in [2.45, 2.75) is 81.5 Å². The SMILES string of the molecule is CC1C/C=C/[C@H](O)[C@@H]2CC[C@H]2CN2C[C@@]3(CCCc4cc(Cl)ccc43)COc3ccc(cc32)C(=O)NS(=O)(=O)[C@@H]1CC1CC1. The second-order valence-corrected chi connectivity index (χ2v) is 16.4. The number of carbonyl (C=O) groups is 1. The van der Waals surface area contributed by atoms with Crippen molar-refractivity contribution in [2.24, 2.45) is 23.7 Å². The van der Waals surface area contributed by atoms with Crippen LogP contribution >= 0.6 is 11.6 Å². The molecule has 2 bridgehead atoms. The molecule has 2 aliphatic heterocycles.